The van der Waals surface area contributed by atoms with E-state index < -0.39 is 19.0 Å². The average Bonchev–Trinajstić information content (AvgIpc) is 2.29. The molecular weight excluding hydrogens is 253 g/mol. The van der Waals surface area contributed by atoms with Crippen molar-refractivity contribution in [2.75, 3.05) is 13.1 Å². The molecule has 0 aliphatic rings. The van der Waals surface area contributed by atoms with E-state index >= 15 is 0 Å². The van der Waals surface area contributed by atoms with Crippen molar-refractivity contribution in [1.29, 1.82) is 0 Å². The van der Waals surface area contributed by atoms with Gasteiger partial charge in [0.15, 0.2) is 5.96 Å². The molecule has 0 aliphatic carbocycles. The number of hydrogen-bond donors (Lipinski definition) is 6. The third-order valence-corrected chi connectivity index (χ3v) is 2.17. The maximum absolute atomic E-state index is 11.4. The lowest BCUT2D eigenvalue weighted by molar-refractivity contribution is -0.125. The molecule has 0 aromatic rings. The number of hydrogen-bond acceptors (Lipinski definition) is 5. The molecule has 0 saturated heterocycles. The number of carbonyl (C=O) groups excluding carboxylic acids is 2. The summed E-state index contributed by atoms with van der Waals surface area (Å²) in [4.78, 5) is 25.7. The maximum atomic E-state index is 11.4. The van der Waals surface area contributed by atoms with Crippen LogP contribution in [0.1, 0.15) is 19.8 Å². The Bertz CT molecular complexity index is 333. The predicted molar refractivity (Wildman–Crippen MR) is 70.7 cm³/mol. The molecule has 0 fully saturated rings. The van der Waals surface area contributed by atoms with Crippen molar-refractivity contribution in [1.82, 2.24) is 10.6 Å². The molecular formula is C9H20BN5O4. The number of nitrogens with one attached hydrogen (secondary N) is 2. The third-order valence-electron chi connectivity index (χ3n) is 2.17. The zero-order chi connectivity index (χ0) is 14.8. The van der Waals surface area contributed by atoms with E-state index in [4.69, 9.17) is 21.5 Å². The number of nitrogens with two attached hydrogens (primary N) is 2. The molecule has 0 saturated carbocycles. The van der Waals surface area contributed by atoms with Crippen LogP contribution >= 0.6 is 0 Å². The lowest BCUT2D eigenvalue weighted by Crippen LogP contribution is -2.49. The summed E-state index contributed by atoms with van der Waals surface area (Å²) in [6.45, 7) is 1.39. The monoisotopic (exact) mass is 273 g/mol. The fourth-order valence-electron chi connectivity index (χ4n) is 1.28. The van der Waals surface area contributed by atoms with E-state index in [0.29, 0.717) is 19.4 Å². The minimum absolute atomic E-state index is 0.0456. The van der Waals surface area contributed by atoms with Crippen molar-refractivity contribution < 1.29 is 19.6 Å². The van der Waals surface area contributed by atoms with E-state index in [-0.39, 0.29) is 18.4 Å². The van der Waals surface area contributed by atoms with Gasteiger partial charge in [0.1, 0.15) is 0 Å². The van der Waals surface area contributed by atoms with Gasteiger partial charge < -0.3 is 32.1 Å². The Morgan fingerprint density at radius 2 is 2.00 bits per heavy atom. The standard InChI is InChI=1S/C9H20BN5O4/c1-6(16)14-5-8(17)15-7(10(18)19)3-2-4-13-9(11)12/h7,18-19H,2-5H2,1H3,(H,14,16)(H,15,17)(H4,11,12,13). The summed E-state index contributed by atoms with van der Waals surface area (Å²) in [7, 11) is -1.69. The van der Waals surface area contributed by atoms with Crippen molar-refractivity contribution in [3.63, 3.8) is 0 Å². The van der Waals surface area contributed by atoms with Crippen LogP contribution < -0.4 is 22.1 Å². The van der Waals surface area contributed by atoms with E-state index in [2.05, 4.69) is 15.6 Å². The van der Waals surface area contributed by atoms with Crippen LogP contribution in [-0.4, -0.2) is 54.0 Å². The number of rotatable bonds is 8. The van der Waals surface area contributed by atoms with Crippen molar-refractivity contribution >= 4 is 24.9 Å². The van der Waals surface area contributed by atoms with Crippen LogP contribution in [0.3, 0.4) is 0 Å². The minimum atomic E-state index is -1.69. The predicted octanol–water partition coefficient (Wildman–Crippen LogP) is -3.33. The van der Waals surface area contributed by atoms with Gasteiger partial charge in [-0.05, 0) is 12.8 Å². The first-order valence-corrected chi connectivity index (χ1v) is 5.78. The lowest BCUT2D eigenvalue weighted by Gasteiger charge is -2.17. The second-order valence-electron chi connectivity index (χ2n) is 3.95. The van der Waals surface area contributed by atoms with Gasteiger partial charge in [-0.25, -0.2) is 0 Å². The van der Waals surface area contributed by atoms with Gasteiger partial charge in [-0.15, -0.1) is 0 Å². The van der Waals surface area contributed by atoms with Crippen LogP contribution in [0.15, 0.2) is 4.99 Å². The molecule has 9 nitrogen and oxygen atoms in total. The molecule has 108 valence electrons. The topological polar surface area (TPSA) is 163 Å². The van der Waals surface area contributed by atoms with Gasteiger partial charge in [-0.3, -0.25) is 14.6 Å². The highest BCUT2D eigenvalue weighted by atomic mass is 16.4. The molecule has 0 heterocycles. The Hall–Kier alpha value is -1.81. The van der Waals surface area contributed by atoms with Crippen LogP contribution in [0.5, 0.6) is 0 Å². The smallest absolute Gasteiger partial charge is 0.426 e. The van der Waals surface area contributed by atoms with Gasteiger partial charge in [0.2, 0.25) is 11.8 Å². The fourth-order valence-corrected chi connectivity index (χ4v) is 1.28. The summed E-state index contributed by atoms with van der Waals surface area (Å²) in [5.41, 5.74) is 10.3. The Morgan fingerprint density at radius 1 is 1.37 bits per heavy atom. The SMILES string of the molecule is CC(=O)NCC(=O)NC(CCCN=C(N)N)B(O)O. The molecule has 19 heavy (non-hydrogen) atoms. The van der Waals surface area contributed by atoms with Gasteiger partial charge in [0.05, 0.1) is 12.5 Å². The van der Waals surface area contributed by atoms with Gasteiger partial charge >= 0.3 is 7.12 Å². The average molecular weight is 273 g/mol. The molecule has 0 aliphatic heterocycles. The summed E-state index contributed by atoms with van der Waals surface area (Å²) >= 11 is 0. The summed E-state index contributed by atoms with van der Waals surface area (Å²) in [5.74, 6) is -1.73. The van der Waals surface area contributed by atoms with Gasteiger partial charge in [0.25, 0.3) is 0 Å². The zero-order valence-corrected chi connectivity index (χ0v) is 10.8. The molecule has 0 radical (unpaired) electrons. The zero-order valence-electron chi connectivity index (χ0n) is 10.8. The van der Waals surface area contributed by atoms with Crippen molar-refractivity contribution in [3.05, 3.63) is 0 Å². The lowest BCUT2D eigenvalue weighted by atomic mass is 9.76. The second kappa shape index (κ2) is 9.17. The fraction of sp³-hybridized carbons (Fsp3) is 0.667. The maximum Gasteiger partial charge on any atom is 0.475 e. The summed E-state index contributed by atoms with van der Waals surface area (Å²) in [6.07, 6.45) is 0.765. The summed E-state index contributed by atoms with van der Waals surface area (Å²) in [6, 6.07) is 0. The van der Waals surface area contributed by atoms with Gasteiger partial charge in [-0.2, -0.15) is 0 Å². The Labute approximate surface area is 111 Å². The van der Waals surface area contributed by atoms with Crippen molar-refractivity contribution in [2.24, 2.45) is 16.5 Å². The number of amides is 2. The largest absolute Gasteiger partial charge is 0.475 e. The first-order chi connectivity index (χ1) is 8.82. The molecule has 2 amide bonds. The van der Waals surface area contributed by atoms with Gasteiger partial charge in [0, 0.05) is 13.5 Å². The van der Waals surface area contributed by atoms with Crippen LogP contribution in [0.4, 0.5) is 0 Å². The number of nitrogens with zero attached hydrogens (tertiary/aromatic N) is 1. The number of aliphatic imine (C=N–C) groups is 1. The molecule has 0 bridgehead atoms. The van der Waals surface area contributed by atoms with E-state index in [1.807, 2.05) is 0 Å². The second-order valence-corrected chi connectivity index (χ2v) is 3.95. The highest BCUT2D eigenvalue weighted by molar-refractivity contribution is 6.43. The van der Waals surface area contributed by atoms with Crippen molar-refractivity contribution in [3.8, 4) is 0 Å². The molecule has 8 N–H and O–H groups in total. The van der Waals surface area contributed by atoms with E-state index in [1.54, 1.807) is 0 Å². The first-order valence-electron chi connectivity index (χ1n) is 5.78. The highest BCUT2D eigenvalue weighted by Crippen LogP contribution is 1.99. The molecule has 0 rings (SSSR count). The van der Waals surface area contributed by atoms with E-state index in [0.717, 1.165) is 0 Å². The first kappa shape index (κ1) is 17.2. The van der Waals surface area contributed by atoms with Gasteiger partial charge in [-0.1, -0.05) is 0 Å². The van der Waals surface area contributed by atoms with Crippen LogP contribution in [-0.2, 0) is 9.59 Å². The van der Waals surface area contributed by atoms with Crippen molar-refractivity contribution in [2.45, 2.75) is 25.7 Å². The quantitative estimate of drug-likeness (QED) is 0.117. The number of guanidine groups is 1. The Morgan fingerprint density at radius 3 is 2.47 bits per heavy atom. The summed E-state index contributed by atoms with van der Waals surface area (Å²) in [5, 5.41) is 22.9. The third kappa shape index (κ3) is 9.86. The van der Waals surface area contributed by atoms with E-state index in [9.17, 15) is 9.59 Å². The molecule has 0 aromatic heterocycles. The molecule has 0 aromatic carbocycles. The van der Waals surface area contributed by atoms with Crippen LogP contribution in [0.2, 0.25) is 0 Å². The number of carbonyl (C=O) groups is 2. The van der Waals surface area contributed by atoms with E-state index in [1.165, 1.54) is 6.92 Å². The molecule has 0 spiro atoms. The Kier molecular flexibility index (Phi) is 8.30. The molecule has 1 atom stereocenters. The highest BCUT2D eigenvalue weighted by Gasteiger charge is 2.24. The van der Waals surface area contributed by atoms with Crippen LogP contribution in [0, 0.1) is 0 Å². The minimum Gasteiger partial charge on any atom is -0.426 e. The summed E-state index contributed by atoms with van der Waals surface area (Å²) < 4.78 is 0. The molecule has 1 unspecified atom stereocenters. The normalized spacial score (nSPS) is 11.3. The molecule has 10 heteroatoms. The Balaban J connectivity index is 4.08. The van der Waals surface area contributed by atoms with Crippen LogP contribution in [0.25, 0.3) is 0 Å².